The minimum atomic E-state index is -1.35. The van der Waals surface area contributed by atoms with Crippen molar-refractivity contribution in [2.45, 2.75) is 25.6 Å². The number of hydrogen-bond donors (Lipinski definition) is 4. The van der Waals surface area contributed by atoms with E-state index in [-0.39, 0.29) is 12.5 Å². The second kappa shape index (κ2) is 9.54. The first-order valence-corrected chi connectivity index (χ1v) is 8.45. The Morgan fingerprint density at radius 2 is 1.74 bits per heavy atom. The molecule has 2 rings (SSSR count). The number of hydrogen-bond acceptors (Lipinski definition) is 4. The summed E-state index contributed by atoms with van der Waals surface area (Å²) in [4.78, 5) is 35.2. The Morgan fingerprint density at radius 3 is 2.44 bits per heavy atom. The van der Waals surface area contributed by atoms with E-state index in [0.29, 0.717) is 6.54 Å². The largest absolute Gasteiger partial charge is 0.465 e. The van der Waals surface area contributed by atoms with Gasteiger partial charge in [0, 0.05) is 13.7 Å². The van der Waals surface area contributed by atoms with Gasteiger partial charge in [0.25, 0.3) is 0 Å². The highest BCUT2D eigenvalue weighted by molar-refractivity contribution is 5.91. The molecule has 0 saturated carbocycles. The number of carbonyl (C=O) groups excluding carboxylic acids is 2. The van der Waals surface area contributed by atoms with Crippen LogP contribution in [0.5, 0.6) is 0 Å². The molecule has 144 valence electrons. The molecule has 27 heavy (non-hydrogen) atoms. The van der Waals surface area contributed by atoms with E-state index in [1.165, 1.54) is 14.0 Å². The van der Waals surface area contributed by atoms with Gasteiger partial charge in [0.15, 0.2) is 0 Å². The van der Waals surface area contributed by atoms with Crippen molar-refractivity contribution in [3.8, 4) is 0 Å². The number of rotatable bonds is 8. The summed E-state index contributed by atoms with van der Waals surface area (Å²) in [6.07, 6.45) is -1.35. The molecule has 8 heteroatoms. The Labute approximate surface area is 156 Å². The first kappa shape index (κ1) is 20.2. The highest BCUT2D eigenvalue weighted by Gasteiger charge is 2.24. The van der Waals surface area contributed by atoms with Crippen molar-refractivity contribution in [3.05, 3.63) is 48.0 Å². The molecule has 2 aromatic rings. The number of carbonyl (C=O) groups is 3. The predicted octanol–water partition coefficient (Wildman–Crippen LogP) is 1.24. The minimum Gasteiger partial charge on any atom is -0.465 e. The van der Waals surface area contributed by atoms with E-state index in [4.69, 9.17) is 9.84 Å². The number of carboxylic acid groups (broad SMARTS) is 1. The molecule has 2 aromatic carbocycles. The normalized spacial score (nSPS) is 12.8. The summed E-state index contributed by atoms with van der Waals surface area (Å²) in [7, 11) is 1.35. The molecule has 8 nitrogen and oxygen atoms in total. The summed E-state index contributed by atoms with van der Waals surface area (Å²) in [5, 5.41) is 18.2. The summed E-state index contributed by atoms with van der Waals surface area (Å²) in [6, 6.07) is 11.8. The number of fused-ring (bicyclic) bond motifs is 1. The molecular formula is C19H23N3O5. The highest BCUT2D eigenvalue weighted by Crippen LogP contribution is 2.18. The van der Waals surface area contributed by atoms with Gasteiger partial charge in [0.2, 0.25) is 11.8 Å². The first-order valence-electron chi connectivity index (χ1n) is 8.45. The smallest absolute Gasteiger partial charge is 0.405 e. The van der Waals surface area contributed by atoms with E-state index in [1.807, 2.05) is 42.5 Å². The zero-order chi connectivity index (χ0) is 19.8. The Morgan fingerprint density at radius 1 is 1.04 bits per heavy atom. The van der Waals surface area contributed by atoms with E-state index in [1.54, 1.807) is 0 Å². The maximum absolute atomic E-state index is 12.3. The third kappa shape index (κ3) is 5.68. The first-order chi connectivity index (χ1) is 12.9. The van der Waals surface area contributed by atoms with Crippen molar-refractivity contribution >= 4 is 28.7 Å². The van der Waals surface area contributed by atoms with Gasteiger partial charge in [-0.3, -0.25) is 9.59 Å². The zero-order valence-electron chi connectivity index (χ0n) is 15.2. The van der Waals surface area contributed by atoms with Gasteiger partial charge in [-0.1, -0.05) is 42.5 Å². The van der Waals surface area contributed by atoms with Crippen LogP contribution in [0.15, 0.2) is 42.5 Å². The van der Waals surface area contributed by atoms with Crippen LogP contribution >= 0.6 is 0 Å². The van der Waals surface area contributed by atoms with Crippen LogP contribution in [0.1, 0.15) is 12.5 Å². The van der Waals surface area contributed by atoms with Crippen molar-refractivity contribution in [2.75, 3.05) is 13.7 Å². The number of benzene rings is 2. The molecule has 0 bridgehead atoms. The Hall–Kier alpha value is -3.13. The second-order valence-electron chi connectivity index (χ2n) is 6.04. The van der Waals surface area contributed by atoms with Gasteiger partial charge in [-0.15, -0.1) is 0 Å². The number of ether oxygens (including phenoxy) is 1. The molecule has 0 aromatic heterocycles. The molecular weight excluding hydrogens is 350 g/mol. The Balaban J connectivity index is 1.94. The molecule has 2 atom stereocenters. The third-order valence-electron chi connectivity index (χ3n) is 4.03. The molecule has 0 spiro atoms. The summed E-state index contributed by atoms with van der Waals surface area (Å²) in [5.74, 6) is -1.00. The van der Waals surface area contributed by atoms with Crippen LogP contribution in [0.4, 0.5) is 4.79 Å². The monoisotopic (exact) mass is 373 g/mol. The van der Waals surface area contributed by atoms with E-state index in [0.717, 1.165) is 16.3 Å². The van der Waals surface area contributed by atoms with E-state index in [9.17, 15) is 14.4 Å². The molecule has 0 aliphatic carbocycles. The lowest BCUT2D eigenvalue weighted by Crippen LogP contribution is -2.54. The molecule has 3 amide bonds. The fourth-order valence-corrected chi connectivity index (χ4v) is 2.66. The van der Waals surface area contributed by atoms with Crippen molar-refractivity contribution in [1.82, 2.24) is 16.0 Å². The van der Waals surface area contributed by atoms with Crippen LogP contribution in [0, 0.1) is 0 Å². The van der Waals surface area contributed by atoms with Crippen LogP contribution in [0.25, 0.3) is 10.8 Å². The van der Waals surface area contributed by atoms with Crippen molar-refractivity contribution in [3.63, 3.8) is 0 Å². The molecule has 2 unspecified atom stereocenters. The molecule has 0 fully saturated rings. The van der Waals surface area contributed by atoms with Crippen LogP contribution in [-0.4, -0.2) is 48.8 Å². The molecule has 0 aliphatic rings. The lowest BCUT2D eigenvalue weighted by atomic mass is 10.0. The molecule has 0 heterocycles. The van der Waals surface area contributed by atoms with Gasteiger partial charge in [0.1, 0.15) is 12.1 Å². The van der Waals surface area contributed by atoms with Crippen molar-refractivity contribution in [1.29, 1.82) is 0 Å². The van der Waals surface area contributed by atoms with Crippen LogP contribution in [0.3, 0.4) is 0 Å². The van der Waals surface area contributed by atoms with Crippen LogP contribution in [0.2, 0.25) is 0 Å². The fraction of sp³-hybridized carbons (Fsp3) is 0.316. The van der Waals surface area contributed by atoms with Crippen LogP contribution in [-0.2, 0) is 20.9 Å². The molecule has 0 aliphatic heterocycles. The summed E-state index contributed by atoms with van der Waals surface area (Å²) in [5.41, 5.74) is 0.963. The van der Waals surface area contributed by atoms with E-state index >= 15 is 0 Å². The van der Waals surface area contributed by atoms with Gasteiger partial charge in [0.05, 0.1) is 6.61 Å². The maximum atomic E-state index is 12.3. The number of amides is 3. The van der Waals surface area contributed by atoms with E-state index < -0.39 is 24.1 Å². The molecule has 4 N–H and O–H groups in total. The minimum absolute atomic E-state index is 0.136. The van der Waals surface area contributed by atoms with Crippen molar-refractivity contribution < 1.29 is 24.2 Å². The lowest BCUT2D eigenvalue weighted by Gasteiger charge is -2.19. The maximum Gasteiger partial charge on any atom is 0.405 e. The Kier molecular flexibility index (Phi) is 7.13. The summed E-state index contributed by atoms with van der Waals surface area (Å²) < 4.78 is 4.83. The van der Waals surface area contributed by atoms with Gasteiger partial charge in [-0.05, 0) is 23.3 Å². The second-order valence-corrected chi connectivity index (χ2v) is 6.04. The SMILES string of the molecule is COCC(NC(=O)O)C(=O)NC(C)C(=O)NCc1cccc2ccccc12. The number of nitrogens with one attached hydrogen (secondary N) is 3. The van der Waals surface area contributed by atoms with E-state index in [2.05, 4.69) is 16.0 Å². The van der Waals surface area contributed by atoms with Gasteiger partial charge in [-0.2, -0.15) is 0 Å². The molecule has 0 saturated heterocycles. The average Bonchev–Trinajstić information content (AvgIpc) is 2.65. The highest BCUT2D eigenvalue weighted by atomic mass is 16.5. The fourth-order valence-electron chi connectivity index (χ4n) is 2.66. The van der Waals surface area contributed by atoms with Crippen molar-refractivity contribution in [2.24, 2.45) is 0 Å². The van der Waals surface area contributed by atoms with Gasteiger partial charge >= 0.3 is 6.09 Å². The third-order valence-corrected chi connectivity index (χ3v) is 4.03. The van der Waals surface area contributed by atoms with Crippen LogP contribution < -0.4 is 16.0 Å². The Bertz CT molecular complexity index is 819. The summed E-state index contributed by atoms with van der Waals surface area (Å²) >= 11 is 0. The number of methoxy groups -OCH3 is 1. The topological polar surface area (TPSA) is 117 Å². The summed E-state index contributed by atoms with van der Waals surface area (Å²) in [6.45, 7) is 1.71. The standard InChI is InChI=1S/C19H23N3O5/c1-12(21-18(24)16(11-27-2)22-19(25)26)17(23)20-10-14-8-5-7-13-6-3-4-9-15(13)14/h3-9,12,16,22H,10-11H2,1-2H3,(H,20,23)(H,21,24)(H,25,26). The zero-order valence-corrected chi connectivity index (χ0v) is 15.2. The average molecular weight is 373 g/mol. The lowest BCUT2D eigenvalue weighted by molar-refractivity contribution is -0.130. The molecule has 0 radical (unpaired) electrons. The predicted molar refractivity (Wildman–Crippen MR) is 100 cm³/mol. The quantitative estimate of drug-likeness (QED) is 0.556. The van der Waals surface area contributed by atoms with Gasteiger partial charge < -0.3 is 25.8 Å². The van der Waals surface area contributed by atoms with Gasteiger partial charge in [-0.25, -0.2) is 4.79 Å².